The molecule has 1 aromatic carbocycles. The molecule has 0 amide bonds. The number of carbonyl (C=O) groups excluding carboxylic acids is 1. The van der Waals surface area contributed by atoms with Crippen LogP contribution in [0.3, 0.4) is 0 Å². The number of piperidine rings is 1. The highest BCUT2D eigenvalue weighted by atomic mass is 35.5. The van der Waals surface area contributed by atoms with Gasteiger partial charge in [0.05, 0.1) is 7.11 Å². The highest BCUT2D eigenvalue weighted by molar-refractivity contribution is 6.31. The van der Waals surface area contributed by atoms with Crippen molar-refractivity contribution in [1.29, 1.82) is 0 Å². The zero-order valence-electron chi connectivity index (χ0n) is 13.5. The lowest BCUT2D eigenvalue weighted by molar-refractivity contribution is -0.182. The Kier molecular flexibility index (Phi) is 4.12. The van der Waals surface area contributed by atoms with E-state index in [-0.39, 0.29) is 11.3 Å². The number of nitrogens with zero attached hydrogens (tertiary/aromatic N) is 1. The summed E-state index contributed by atoms with van der Waals surface area (Å²) in [5.41, 5.74) is 1.74. The SMILES string of the molecule is CON1CCC2(CC1)OC(=O)C(c1c(C)cc(Cl)cc1C)=C2O. The van der Waals surface area contributed by atoms with Crippen LogP contribution < -0.4 is 0 Å². The topological polar surface area (TPSA) is 59.0 Å². The minimum atomic E-state index is -0.931. The van der Waals surface area contributed by atoms with Crippen molar-refractivity contribution < 1.29 is 19.5 Å². The summed E-state index contributed by atoms with van der Waals surface area (Å²) in [6.45, 7) is 4.94. The van der Waals surface area contributed by atoms with Crippen LogP contribution in [0.15, 0.2) is 17.9 Å². The molecule has 2 aliphatic rings. The van der Waals surface area contributed by atoms with Crippen molar-refractivity contribution >= 4 is 23.1 Å². The lowest BCUT2D eigenvalue weighted by Crippen LogP contribution is -2.45. The molecule has 0 aliphatic carbocycles. The number of hydrogen-bond acceptors (Lipinski definition) is 5. The Bertz CT molecular complexity index is 667. The van der Waals surface area contributed by atoms with Crippen LogP contribution in [0, 0.1) is 13.8 Å². The first kappa shape index (κ1) is 16.3. The van der Waals surface area contributed by atoms with Crippen LogP contribution in [0.2, 0.25) is 5.02 Å². The number of ether oxygens (including phenoxy) is 1. The van der Waals surface area contributed by atoms with Crippen LogP contribution in [0.4, 0.5) is 0 Å². The van der Waals surface area contributed by atoms with E-state index in [4.69, 9.17) is 21.2 Å². The van der Waals surface area contributed by atoms with Gasteiger partial charge in [-0.05, 0) is 42.7 Å². The van der Waals surface area contributed by atoms with E-state index in [0.29, 0.717) is 36.5 Å². The largest absolute Gasteiger partial charge is 0.507 e. The second-order valence-corrected chi connectivity index (χ2v) is 6.57. The summed E-state index contributed by atoms with van der Waals surface area (Å²) in [7, 11) is 1.61. The van der Waals surface area contributed by atoms with Gasteiger partial charge in [0.25, 0.3) is 0 Å². The fourth-order valence-electron chi connectivity index (χ4n) is 3.50. The Morgan fingerprint density at radius 3 is 2.35 bits per heavy atom. The average molecular weight is 338 g/mol. The number of aliphatic hydroxyl groups is 1. The molecule has 1 N–H and O–H groups in total. The van der Waals surface area contributed by atoms with Gasteiger partial charge >= 0.3 is 5.97 Å². The third kappa shape index (κ3) is 2.63. The fourth-order valence-corrected chi connectivity index (χ4v) is 3.82. The number of halogens is 1. The number of aliphatic hydroxyl groups excluding tert-OH is 1. The molecule has 0 bridgehead atoms. The Morgan fingerprint density at radius 1 is 1.26 bits per heavy atom. The van der Waals surface area contributed by atoms with Crippen LogP contribution in [0.1, 0.15) is 29.5 Å². The second kappa shape index (κ2) is 5.82. The molecule has 1 saturated heterocycles. The molecule has 3 rings (SSSR count). The highest BCUT2D eigenvalue weighted by Gasteiger charge is 2.50. The van der Waals surface area contributed by atoms with Gasteiger partial charge in [-0.15, -0.1) is 0 Å². The smallest absolute Gasteiger partial charge is 0.343 e. The molecule has 23 heavy (non-hydrogen) atoms. The number of hydroxylamine groups is 2. The van der Waals surface area contributed by atoms with Gasteiger partial charge in [0, 0.05) is 31.0 Å². The van der Waals surface area contributed by atoms with E-state index in [1.807, 2.05) is 13.8 Å². The molecule has 1 aromatic rings. The van der Waals surface area contributed by atoms with Gasteiger partial charge in [0.15, 0.2) is 11.4 Å². The van der Waals surface area contributed by atoms with Gasteiger partial charge in [-0.1, -0.05) is 11.6 Å². The highest BCUT2D eigenvalue weighted by Crippen LogP contribution is 2.44. The number of carbonyl (C=O) groups is 1. The molecule has 0 aromatic heterocycles. The standard InChI is InChI=1S/C17H20ClNO4/c1-10-8-12(18)9-11(2)13(10)14-15(20)17(23-16(14)21)4-6-19(22-3)7-5-17/h8-9,20H,4-7H2,1-3H3. The molecule has 0 unspecified atom stereocenters. The van der Waals surface area contributed by atoms with Crippen LogP contribution in [-0.4, -0.2) is 41.9 Å². The average Bonchev–Trinajstić information content (AvgIpc) is 2.72. The molecular formula is C17H20ClNO4. The fraction of sp³-hybridized carbons (Fsp3) is 0.471. The molecule has 124 valence electrons. The van der Waals surface area contributed by atoms with Crippen molar-refractivity contribution in [3.8, 4) is 0 Å². The van der Waals surface area contributed by atoms with E-state index in [1.54, 1.807) is 24.3 Å². The summed E-state index contributed by atoms with van der Waals surface area (Å²) in [5, 5.41) is 13.2. The van der Waals surface area contributed by atoms with E-state index in [9.17, 15) is 9.90 Å². The molecule has 0 atom stereocenters. The monoisotopic (exact) mass is 337 g/mol. The third-order valence-corrected chi connectivity index (χ3v) is 4.91. The lowest BCUT2D eigenvalue weighted by atomic mass is 9.86. The molecule has 0 saturated carbocycles. The number of hydrogen-bond donors (Lipinski definition) is 1. The van der Waals surface area contributed by atoms with Crippen LogP contribution in [0.5, 0.6) is 0 Å². The van der Waals surface area contributed by atoms with Gasteiger partial charge < -0.3 is 14.7 Å². The molecule has 0 radical (unpaired) electrons. The molecule has 6 heteroatoms. The van der Waals surface area contributed by atoms with Crippen molar-refractivity contribution in [2.45, 2.75) is 32.3 Å². The minimum Gasteiger partial charge on any atom is -0.507 e. The number of esters is 1. The predicted molar refractivity (Wildman–Crippen MR) is 87.1 cm³/mol. The first-order valence-electron chi connectivity index (χ1n) is 7.61. The third-order valence-electron chi connectivity index (χ3n) is 4.70. The van der Waals surface area contributed by atoms with E-state index >= 15 is 0 Å². The van der Waals surface area contributed by atoms with E-state index in [0.717, 1.165) is 11.1 Å². The quantitative estimate of drug-likeness (QED) is 0.840. The Hall–Kier alpha value is -1.56. The summed E-state index contributed by atoms with van der Waals surface area (Å²) in [6.07, 6.45) is 1.02. The maximum Gasteiger partial charge on any atom is 0.343 e. The van der Waals surface area contributed by atoms with Gasteiger partial charge in [-0.25, -0.2) is 4.79 Å². The van der Waals surface area contributed by atoms with Crippen molar-refractivity contribution in [1.82, 2.24) is 5.06 Å². The van der Waals surface area contributed by atoms with Crippen molar-refractivity contribution in [3.63, 3.8) is 0 Å². The first-order valence-corrected chi connectivity index (χ1v) is 7.99. The zero-order chi connectivity index (χ0) is 16.8. The van der Waals surface area contributed by atoms with Crippen molar-refractivity contribution in [2.24, 2.45) is 0 Å². The summed E-state index contributed by atoms with van der Waals surface area (Å²) in [5.74, 6) is -0.436. The van der Waals surface area contributed by atoms with Crippen LogP contribution >= 0.6 is 11.6 Å². The van der Waals surface area contributed by atoms with Gasteiger partial charge in [-0.2, -0.15) is 5.06 Å². The molecule has 5 nitrogen and oxygen atoms in total. The molecule has 2 heterocycles. The van der Waals surface area contributed by atoms with Crippen LogP contribution in [0.25, 0.3) is 5.57 Å². The maximum atomic E-state index is 12.5. The van der Waals surface area contributed by atoms with Crippen LogP contribution in [-0.2, 0) is 14.4 Å². The Balaban J connectivity index is 2.04. The Morgan fingerprint density at radius 2 is 1.83 bits per heavy atom. The summed E-state index contributed by atoms with van der Waals surface area (Å²) < 4.78 is 5.62. The van der Waals surface area contributed by atoms with Crippen molar-refractivity contribution in [3.05, 3.63) is 39.6 Å². The predicted octanol–water partition coefficient (Wildman–Crippen LogP) is 3.18. The van der Waals surface area contributed by atoms with E-state index < -0.39 is 11.6 Å². The van der Waals surface area contributed by atoms with Gasteiger partial charge in [0.2, 0.25) is 0 Å². The maximum absolute atomic E-state index is 12.5. The first-order chi connectivity index (χ1) is 10.9. The molecule has 1 spiro atoms. The molecule has 1 fully saturated rings. The van der Waals surface area contributed by atoms with Crippen molar-refractivity contribution in [2.75, 3.05) is 20.2 Å². The Labute approximate surface area is 140 Å². The summed E-state index contributed by atoms with van der Waals surface area (Å²) in [4.78, 5) is 17.7. The summed E-state index contributed by atoms with van der Waals surface area (Å²) >= 11 is 6.06. The van der Waals surface area contributed by atoms with Gasteiger partial charge in [0.1, 0.15) is 5.57 Å². The summed E-state index contributed by atoms with van der Waals surface area (Å²) in [6, 6.07) is 3.58. The van der Waals surface area contributed by atoms with E-state index in [1.165, 1.54) is 0 Å². The number of benzene rings is 1. The lowest BCUT2D eigenvalue weighted by Gasteiger charge is -2.36. The zero-order valence-corrected chi connectivity index (χ0v) is 14.2. The van der Waals surface area contributed by atoms with E-state index in [2.05, 4.69) is 0 Å². The second-order valence-electron chi connectivity index (χ2n) is 6.13. The van der Waals surface area contributed by atoms with Gasteiger partial charge in [-0.3, -0.25) is 0 Å². The number of aryl methyl sites for hydroxylation is 2. The molecular weight excluding hydrogens is 318 g/mol. The molecule has 2 aliphatic heterocycles. The minimum absolute atomic E-state index is 0.0341. The normalized spacial score (nSPS) is 21.1. The number of rotatable bonds is 2.